The number of hydrogen-bond acceptors (Lipinski definition) is 1. The van der Waals surface area contributed by atoms with E-state index in [1.54, 1.807) is 0 Å². The molecule has 0 unspecified atom stereocenters. The van der Waals surface area contributed by atoms with Crippen LogP contribution in [0.3, 0.4) is 0 Å². The summed E-state index contributed by atoms with van der Waals surface area (Å²) in [6.45, 7) is 6.75. The Morgan fingerprint density at radius 1 is 1.33 bits per heavy atom. The summed E-state index contributed by atoms with van der Waals surface area (Å²) in [5, 5.41) is 0. The number of hydrogen-bond donors (Lipinski definition) is 0. The molecule has 84 valence electrons. The lowest BCUT2D eigenvalue weighted by molar-refractivity contribution is 0.303. The van der Waals surface area contributed by atoms with Crippen molar-refractivity contribution in [2.45, 2.75) is 26.8 Å². The molecule has 2 heteroatoms. The van der Waals surface area contributed by atoms with Gasteiger partial charge in [-0.3, -0.25) is 0 Å². The maximum Gasteiger partial charge on any atom is 0.0231 e. The zero-order chi connectivity index (χ0) is 11.3. The zero-order valence-electron chi connectivity index (χ0n) is 9.83. The summed E-state index contributed by atoms with van der Waals surface area (Å²) >= 11 is 3.50. The molecule has 15 heavy (non-hydrogen) atoms. The molecule has 0 N–H and O–H groups in total. The second-order valence-electron chi connectivity index (χ2n) is 4.55. The van der Waals surface area contributed by atoms with Crippen molar-refractivity contribution in [1.82, 2.24) is 4.90 Å². The molecular weight excluding hydrogens is 250 g/mol. The molecule has 0 bridgehead atoms. The van der Waals surface area contributed by atoms with Gasteiger partial charge >= 0.3 is 0 Å². The van der Waals surface area contributed by atoms with E-state index in [2.05, 4.69) is 66.0 Å². The molecule has 0 aliphatic heterocycles. The van der Waals surface area contributed by atoms with Gasteiger partial charge in [0.25, 0.3) is 0 Å². The van der Waals surface area contributed by atoms with Crippen LogP contribution in [0.5, 0.6) is 0 Å². The van der Waals surface area contributed by atoms with Crippen molar-refractivity contribution in [3.8, 4) is 0 Å². The molecule has 0 spiro atoms. The van der Waals surface area contributed by atoms with Gasteiger partial charge in [0.2, 0.25) is 0 Å². The minimum absolute atomic E-state index is 0.787. The Hall–Kier alpha value is -0.340. The van der Waals surface area contributed by atoms with Crippen LogP contribution in [-0.2, 0) is 6.54 Å². The lowest BCUT2D eigenvalue weighted by atomic mass is 10.1. The van der Waals surface area contributed by atoms with E-state index in [0.29, 0.717) is 0 Å². The quantitative estimate of drug-likeness (QED) is 0.783. The van der Waals surface area contributed by atoms with E-state index in [4.69, 9.17) is 0 Å². The molecule has 0 radical (unpaired) electrons. The molecule has 1 nitrogen and oxygen atoms in total. The number of benzene rings is 1. The Morgan fingerprint density at radius 3 is 2.67 bits per heavy atom. The summed E-state index contributed by atoms with van der Waals surface area (Å²) in [6.07, 6.45) is 1.27. The summed E-state index contributed by atoms with van der Waals surface area (Å²) < 4.78 is 1.16. The van der Waals surface area contributed by atoms with E-state index >= 15 is 0 Å². The predicted molar refractivity (Wildman–Crippen MR) is 69.9 cm³/mol. The van der Waals surface area contributed by atoms with Gasteiger partial charge in [0, 0.05) is 11.0 Å². The molecular formula is C13H20BrN. The highest BCUT2D eigenvalue weighted by atomic mass is 79.9. The van der Waals surface area contributed by atoms with Crippen molar-refractivity contribution in [2.24, 2.45) is 5.92 Å². The van der Waals surface area contributed by atoms with Gasteiger partial charge in [-0.15, -0.1) is 0 Å². The van der Waals surface area contributed by atoms with Crippen LogP contribution in [0.25, 0.3) is 0 Å². The van der Waals surface area contributed by atoms with Crippen LogP contribution in [0.1, 0.15) is 25.8 Å². The molecule has 0 fully saturated rings. The van der Waals surface area contributed by atoms with Crippen molar-refractivity contribution in [3.05, 3.63) is 34.3 Å². The van der Waals surface area contributed by atoms with Crippen LogP contribution in [0, 0.1) is 5.92 Å². The maximum absolute atomic E-state index is 3.50. The first kappa shape index (κ1) is 12.7. The Balaban J connectivity index is 2.40. The maximum atomic E-state index is 3.50. The van der Waals surface area contributed by atoms with Crippen LogP contribution in [0.2, 0.25) is 0 Å². The van der Waals surface area contributed by atoms with Crippen molar-refractivity contribution < 1.29 is 0 Å². The molecule has 0 heterocycles. The highest BCUT2D eigenvalue weighted by Gasteiger charge is 2.02. The van der Waals surface area contributed by atoms with Crippen molar-refractivity contribution >= 4 is 15.9 Å². The normalized spacial score (nSPS) is 11.3. The van der Waals surface area contributed by atoms with Crippen LogP contribution < -0.4 is 0 Å². The average Bonchev–Trinajstić information content (AvgIpc) is 2.15. The van der Waals surface area contributed by atoms with Crippen molar-refractivity contribution in [3.63, 3.8) is 0 Å². The Morgan fingerprint density at radius 2 is 2.07 bits per heavy atom. The Labute approximate surface area is 102 Å². The second kappa shape index (κ2) is 6.29. The van der Waals surface area contributed by atoms with Gasteiger partial charge in [-0.1, -0.05) is 41.9 Å². The second-order valence-corrected chi connectivity index (χ2v) is 5.47. The topological polar surface area (TPSA) is 3.24 Å². The minimum Gasteiger partial charge on any atom is -0.302 e. The molecule has 0 amide bonds. The lowest BCUT2D eigenvalue weighted by Crippen LogP contribution is -2.20. The molecule has 0 saturated carbocycles. The van der Waals surface area contributed by atoms with Gasteiger partial charge in [-0.2, -0.15) is 0 Å². The van der Waals surface area contributed by atoms with Gasteiger partial charge in [0.05, 0.1) is 0 Å². The number of nitrogens with zero attached hydrogens (tertiary/aromatic N) is 1. The number of rotatable bonds is 5. The smallest absolute Gasteiger partial charge is 0.0231 e. The molecule has 1 aromatic rings. The standard InChI is InChI=1S/C13H20BrN/c1-11(2)7-8-15(3)10-12-5-4-6-13(14)9-12/h4-6,9,11H,7-8,10H2,1-3H3. The summed E-state index contributed by atoms with van der Waals surface area (Å²) in [4.78, 5) is 2.38. The fraction of sp³-hybridized carbons (Fsp3) is 0.538. The molecule has 0 atom stereocenters. The van der Waals surface area contributed by atoms with Gasteiger partial charge in [-0.05, 0) is 43.6 Å². The first-order valence-electron chi connectivity index (χ1n) is 5.51. The van der Waals surface area contributed by atoms with Gasteiger partial charge in [0.1, 0.15) is 0 Å². The average molecular weight is 270 g/mol. The van der Waals surface area contributed by atoms with Crippen LogP contribution >= 0.6 is 15.9 Å². The van der Waals surface area contributed by atoms with E-state index in [1.165, 1.54) is 18.5 Å². The van der Waals surface area contributed by atoms with Gasteiger partial charge in [0.15, 0.2) is 0 Å². The van der Waals surface area contributed by atoms with E-state index in [-0.39, 0.29) is 0 Å². The van der Waals surface area contributed by atoms with Gasteiger partial charge in [-0.25, -0.2) is 0 Å². The summed E-state index contributed by atoms with van der Waals surface area (Å²) in [5.74, 6) is 0.787. The first-order chi connectivity index (χ1) is 7.08. The molecule has 0 aliphatic carbocycles. The lowest BCUT2D eigenvalue weighted by Gasteiger charge is -2.17. The molecule has 0 aliphatic rings. The SMILES string of the molecule is CC(C)CCN(C)Cc1cccc(Br)c1. The number of halogens is 1. The van der Waals surface area contributed by atoms with Crippen LogP contribution in [0.15, 0.2) is 28.7 Å². The van der Waals surface area contributed by atoms with Crippen molar-refractivity contribution in [1.29, 1.82) is 0 Å². The largest absolute Gasteiger partial charge is 0.302 e. The Kier molecular flexibility index (Phi) is 5.34. The van der Waals surface area contributed by atoms with Crippen LogP contribution in [0.4, 0.5) is 0 Å². The highest BCUT2D eigenvalue weighted by Crippen LogP contribution is 2.13. The summed E-state index contributed by atoms with van der Waals surface area (Å²) in [7, 11) is 2.18. The van der Waals surface area contributed by atoms with Crippen molar-refractivity contribution in [2.75, 3.05) is 13.6 Å². The first-order valence-corrected chi connectivity index (χ1v) is 6.30. The predicted octanol–water partition coefficient (Wildman–Crippen LogP) is 3.93. The van der Waals surface area contributed by atoms with E-state index in [0.717, 1.165) is 16.9 Å². The third kappa shape index (κ3) is 5.33. The fourth-order valence-corrected chi connectivity index (χ4v) is 1.95. The minimum atomic E-state index is 0.787. The molecule has 1 rings (SSSR count). The highest BCUT2D eigenvalue weighted by molar-refractivity contribution is 9.10. The fourth-order valence-electron chi connectivity index (χ4n) is 1.50. The van der Waals surface area contributed by atoms with Crippen LogP contribution in [-0.4, -0.2) is 18.5 Å². The van der Waals surface area contributed by atoms with E-state index in [9.17, 15) is 0 Å². The summed E-state index contributed by atoms with van der Waals surface area (Å²) in [5.41, 5.74) is 1.37. The molecule has 1 aromatic carbocycles. The summed E-state index contributed by atoms with van der Waals surface area (Å²) in [6, 6.07) is 8.52. The third-order valence-electron chi connectivity index (χ3n) is 2.43. The third-order valence-corrected chi connectivity index (χ3v) is 2.92. The van der Waals surface area contributed by atoms with E-state index in [1.807, 2.05) is 0 Å². The van der Waals surface area contributed by atoms with Gasteiger partial charge < -0.3 is 4.90 Å². The monoisotopic (exact) mass is 269 g/mol. The zero-order valence-corrected chi connectivity index (χ0v) is 11.4. The molecule has 0 saturated heterocycles. The Bertz CT molecular complexity index is 296. The van der Waals surface area contributed by atoms with E-state index < -0.39 is 0 Å². The molecule has 0 aromatic heterocycles.